The molecule has 1 aliphatic rings. The third-order valence-electron chi connectivity index (χ3n) is 3.47. The van der Waals surface area contributed by atoms with E-state index in [-0.39, 0.29) is 12.1 Å². The van der Waals surface area contributed by atoms with Gasteiger partial charge >= 0.3 is 0 Å². The lowest BCUT2D eigenvalue weighted by molar-refractivity contribution is 0.0931. The van der Waals surface area contributed by atoms with Gasteiger partial charge in [-0.3, -0.25) is 9.89 Å². The highest BCUT2D eigenvalue weighted by Crippen LogP contribution is 2.29. The Kier molecular flexibility index (Phi) is 2.50. The second-order valence-corrected chi connectivity index (χ2v) is 4.74. The molecule has 3 aromatic rings. The number of imidazole rings is 1. The van der Waals surface area contributed by atoms with E-state index in [0.717, 1.165) is 16.8 Å². The number of anilines is 1. The normalized spacial score (nSPS) is 17.0. The van der Waals surface area contributed by atoms with Crippen molar-refractivity contribution in [3.63, 3.8) is 0 Å². The fourth-order valence-electron chi connectivity index (χ4n) is 2.46. The van der Waals surface area contributed by atoms with Crippen LogP contribution in [0.2, 0.25) is 0 Å². The zero-order valence-corrected chi connectivity index (χ0v) is 10.9. The van der Waals surface area contributed by atoms with E-state index in [1.54, 1.807) is 6.20 Å². The zero-order valence-electron chi connectivity index (χ0n) is 10.9. The average Bonchev–Trinajstić information content (AvgIpc) is 3.17. The van der Waals surface area contributed by atoms with E-state index in [2.05, 4.69) is 30.8 Å². The largest absolute Gasteiger partial charge is 0.344 e. The van der Waals surface area contributed by atoms with Crippen molar-refractivity contribution < 1.29 is 4.79 Å². The number of aromatic nitrogens is 4. The minimum absolute atomic E-state index is 0.188. The number of rotatable bonds is 2. The van der Waals surface area contributed by atoms with Crippen LogP contribution in [0.1, 0.15) is 22.2 Å². The van der Waals surface area contributed by atoms with Crippen molar-refractivity contribution in [3.05, 3.63) is 54.1 Å². The molecule has 0 bridgehead atoms. The van der Waals surface area contributed by atoms with E-state index in [4.69, 9.17) is 0 Å². The van der Waals surface area contributed by atoms with Crippen molar-refractivity contribution in [3.8, 4) is 11.3 Å². The highest BCUT2D eigenvalue weighted by Gasteiger charge is 2.29. The number of nitrogens with one attached hydrogen (secondary N) is 4. The fraction of sp³-hybridized carbons (Fsp3) is 0.0714. The summed E-state index contributed by atoms with van der Waals surface area (Å²) < 4.78 is 0. The molecule has 0 fully saturated rings. The molecule has 7 heteroatoms. The van der Waals surface area contributed by atoms with E-state index >= 15 is 0 Å². The van der Waals surface area contributed by atoms with Gasteiger partial charge in [0.15, 0.2) is 5.82 Å². The van der Waals surface area contributed by atoms with Crippen LogP contribution in [0, 0.1) is 0 Å². The molecule has 3 heterocycles. The molecule has 1 atom stereocenters. The molecule has 0 radical (unpaired) electrons. The van der Waals surface area contributed by atoms with Crippen LogP contribution in [-0.4, -0.2) is 26.1 Å². The summed E-state index contributed by atoms with van der Waals surface area (Å²) in [6, 6.07) is 9.84. The van der Waals surface area contributed by atoms with Crippen molar-refractivity contribution in [1.82, 2.24) is 25.5 Å². The number of benzene rings is 1. The number of hydrogen-bond donors (Lipinski definition) is 4. The van der Waals surface area contributed by atoms with Crippen molar-refractivity contribution in [2.24, 2.45) is 0 Å². The van der Waals surface area contributed by atoms with Crippen LogP contribution >= 0.6 is 0 Å². The van der Waals surface area contributed by atoms with Crippen molar-refractivity contribution >= 4 is 11.7 Å². The topological polar surface area (TPSA) is 98.5 Å². The quantitative estimate of drug-likeness (QED) is 0.573. The van der Waals surface area contributed by atoms with Crippen LogP contribution in [0.25, 0.3) is 11.3 Å². The Morgan fingerprint density at radius 3 is 2.76 bits per heavy atom. The van der Waals surface area contributed by atoms with Crippen LogP contribution in [0.5, 0.6) is 0 Å². The van der Waals surface area contributed by atoms with Gasteiger partial charge in [-0.25, -0.2) is 4.98 Å². The summed E-state index contributed by atoms with van der Waals surface area (Å²) in [6.45, 7) is 0. The number of fused-ring (bicyclic) bond motifs is 1. The standard InChI is InChI=1S/C14H12N6O/c21-14-11-13(16-7-15-11)18-12(19-14)9-6-17-20-10(9)8-4-2-1-3-5-8/h1-7,12,18H,(H,15,16)(H,17,20)(H,19,21). The van der Waals surface area contributed by atoms with Crippen LogP contribution in [-0.2, 0) is 0 Å². The second-order valence-electron chi connectivity index (χ2n) is 4.74. The van der Waals surface area contributed by atoms with E-state index in [0.29, 0.717) is 11.5 Å². The summed E-state index contributed by atoms with van der Waals surface area (Å²) in [4.78, 5) is 19.0. The molecule has 4 rings (SSSR count). The first-order valence-electron chi connectivity index (χ1n) is 6.52. The van der Waals surface area contributed by atoms with Gasteiger partial charge in [-0.15, -0.1) is 0 Å². The summed E-state index contributed by atoms with van der Waals surface area (Å²) in [5.74, 6) is 0.357. The van der Waals surface area contributed by atoms with Crippen LogP contribution in [0.15, 0.2) is 42.9 Å². The molecule has 104 valence electrons. The summed E-state index contributed by atoms with van der Waals surface area (Å²) in [6.07, 6.45) is 2.83. The number of hydrogen-bond acceptors (Lipinski definition) is 4. The highest BCUT2D eigenvalue weighted by atomic mass is 16.2. The Labute approximate surface area is 119 Å². The van der Waals surface area contributed by atoms with Crippen LogP contribution < -0.4 is 10.6 Å². The van der Waals surface area contributed by atoms with Crippen molar-refractivity contribution in [1.29, 1.82) is 0 Å². The minimum atomic E-state index is -0.373. The predicted molar refractivity (Wildman–Crippen MR) is 76.4 cm³/mol. The van der Waals surface area contributed by atoms with Crippen LogP contribution in [0.4, 0.5) is 5.82 Å². The maximum Gasteiger partial charge on any atom is 0.273 e. The first-order valence-corrected chi connectivity index (χ1v) is 6.52. The Bertz CT molecular complexity index is 791. The lowest BCUT2D eigenvalue weighted by Crippen LogP contribution is -2.38. The van der Waals surface area contributed by atoms with Gasteiger partial charge in [-0.05, 0) is 5.56 Å². The Balaban J connectivity index is 1.73. The molecule has 0 saturated heterocycles. The second kappa shape index (κ2) is 4.48. The lowest BCUT2D eigenvalue weighted by Gasteiger charge is -2.24. The molecule has 0 aliphatic carbocycles. The molecule has 21 heavy (non-hydrogen) atoms. The maximum atomic E-state index is 12.0. The minimum Gasteiger partial charge on any atom is -0.344 e. The van der Waals surface area contributed by atoms with Gasteiger partial charge in [-0.1, -0.05) is 30.3 Å². The number of carbonyl (C=O) groups excluding carboxylic acids is 1. The van der Waals surface area contributed by atoms with Gasteiger partial charge in [0.05, 0.1) is 18.2 Å². The van der Waals surface area contributed by atoms with E-state index < -0.39 is 0 Å². The molecule has 7 nitrogen and oxygen atoms in total. The Morgan fingerprint density at radius 1 is 1.05 bits per heavy atom. The predicted octanol–water partition coefficient (Wildman–Crippen LogP) is 1.65. The maximum absolute atomic E-state index is 12.0. The molecule has 1 aromatic carbocycles. The van der Waals surface area contributed by atoms with E-state index in [1.165, 1.54) is 6.33 Å². The van der Waals surface area contributed by atoms with E-state index in [1.807, 2.05) is 30.3 Å². The first kappa shape index (κ1) is 11.7. The molecule has 1 aliphatic heterocycles. The number of amides is 1. The number of aromatic amines is 2. The SMILES string of the molecule is O=C1NC(c2cn[nH]c2-c2ccccc2)Nc2nc[nH]c21. The Hall–Kier alpha value is -3.09. The fourth-order valence-corrected chi connectivity index (χ4v) is 2.46. The smallest absolute Gasteiger partial charge is 0.273 e. The third-order valence-corrected chi connectivity index (χ3v) is 3.47. The van der Waals surface area contributed by atoms with Gasteiger partial charge in [0.25, 0.3) is 5.91 Å². The first-order chi connectivity index (χ1) is 10.3. The molecular formula is C14H12N6O. The third kappa shape index (κ3) is 1.86. The van der Waals surface area contributed by atoms with Crippen molar-refractivity contribution in [2.45, 2.75) is 6.17 Å². The molecule has 1 unspecified atom stereocenters. The number of carbonyl (C=O) groups is 1. The monoisotopic (exact) mass is 280 g/mol. The zero-order chi connectivity index (χ0) is 14.2. The summed E-state index contributed by atoms with van der Waals surface area (Å²) in [7, 11) is 0. The number of nitrogens with zero attached hydrogens (tertiary/aromatic N) is 2. The molecule has 0 saturated carbocycles. The van der Waals surface area contributed by atoms with Crippen molar-refractivity contribution in [2.75, 3.05) is 5.32 Å². The van der Waals surface area contributed by atoms with Gasteiger partial charge < -0.3 is 15.6 Å². The average molecular weight is 280 g/mol. The number of H-pyrrole nitrogens is 2. The van der Waals surface area contributed by atoms with Gasteiger partial charge in [0.2, 0.25) is 0 Å². The molecule has 2 aromatic heterocycles. The highest BCUT2D eigenvalue weighted by molar-refractivity contribution is 5.99. The Morgan fingerprint density at radius 2 is 1.90 bits per heavy atom. The summed E-state index contributed by atoms with van der Waals surface area (Å²) >= 11 is 0. The lowest BCUT2D eigenvalue weighted by atomic mass is 10.1. The van der Waals surface area contributed by atoms with Gasteiger partial charge in [0.1, 0.15) is 11.9 Å². The van der Waals surface area contributed by atoms with E-state index in [9.17, 15) is 4.79 Å². The summed E-state index contributed by atoms with van der Waals surface area (Å²) in [5.41, 5.74) is 3.18. The molecule has 0 spiro atoms. The molecule has 1 amide bonds. The van der Waals surface area contributed by atoms with Gasteiger partial charge in [0, 0.05) is 5.56 Å². The summed E-state index contributed by atoms with van der Waals surface area (Å²) in [5, 5.41) is 13.2. The van der Waals surface area contributed by atoms with Gasteiger partial charge in [-0.2, -0.15) is 5.10 Å². The molecule has 4 N–H and O–H groups in total. The molecular weight excluding hydrogens is 268 g/mol. The van der Waals surface area contributed by atoms with Crippen LogP contribution in [0.3, 0.4) is 0 Å².